The average Bonchev–Trinajstić information content (AvgIpc) is 2.38. The molecule has 0 fully saturated rings. The minimum atomic E-state index is -1.13. The lowest BCUT2D eigenvalue weighted by molar-refractivity contribution is 0.0122. The van der Waals surface area contributed by atoms with Crippen molar-refractivity contribution in [2.75, 3.05) is 6.54 Å². The van der Waals surface area contributed by atoms with E-state index in [2.05, 4.69) is 5.32 Å². The lowest BCUT2D eigenvalue weighted by Gasteiger charge is -2.21. The third kappa shape index (κ3) is 5.91. The summed E-state index contributed by atoms with van der Waals surface area (Å²) < 4.78 is 5.07. The maximum atomic E-state index is 11.5. The standard InChI is InChI=1S/C16H25NO5/c1-10-5-6-11(9-13(10)19)14(20)12(18)7-8-17-15(21)22-16(2,3)4/h5-6,9,12,14,18-20H,7-8H2,1-4H3,(H,17,21). The van der Waals surface area contributed by atoms with Crippen LogP contribution in [0, 0.1) is 6.92 Å². The van der Waals surface area contributed by atoms with Crippen LogP contribution < -0.4 is 5.32 Å². The SMILES string of the molecule is Cc1ccc(C(O)C(O)CCNC(=O)OC(C)(C)C)cc1O. The molecule has 1 rings (SSSR count). The summed E-state index contributed by atoms with van der Waals surface area (Å²) in [6.07, 6.45) is -2.60. The van der Waals surface area contributed by atoms with Crippen LogP contribution in [0.1, 0.15) is 44.4 Å². The molecule has 2 atom stereocenters. The number of benzene rings is 1. The number of aliphatic hydroxyl groups excluding tert-OH is 2. The predicted octanol–water partition coefficient (Wildman–Crippen LogP) is 2.01. The number of amides is 1. The van der Waals surface area contributed by atoms with Gasteiger partial charge in [0.1, 0.15) is 17.5 Å². The van der Waals surface area contributed by atoms with E-state index in [-0.39, 0.29) is 18.7 Å². The summed E-state index contributed by atoms with van der Waals surface area (Å²) in [6, 6.07) is 4.73. The minimum Gasteiger partial charge on any atom is -0.508 e. The van der Waals surface area contributed by atoms with Crippen molar-refractivity contribution in [3.8, 4) is 5.75 Å². The van der Waals surface area contributed by atoms with Gasteiger partial charge in [0.05, 0.1) is 6.10 Å². The first-order chi connectivity index (χ1) is 10.1. The lowest BCUT2D eigenvalue weighted by atomic mass is 10.0. The molecule has 22 heavy (non-hydrogen) atoms. The van der Waals surface area contributed by atoms with E-state index in [1.807, 2.05) is 0 Å². The summed E-state index contributed by atoms with van der Waals surface area (Å²) >= 11 is 0. The van der Waals surface area contributed by atoms with E-state index in [1.54, 1.807) is 39.8 Å². The zero-order valence-electron chi connectivity index (χ0n) is 13.5. The monoisotopic (exact) mass is 311 g/mol. The van der Waals surface area contributed by atoms with E-state index in [9.17, 15) is 20.1 Å². The molecule has 0 aliphatic carbocycles. The number of alkyl carbamates (subject to hydrolysis) is 1. The number of hydrogen-bond donors (Lipinski definition) is 4. The van der Waals surface area contributed by atoms with Crippen LogP contribution in [-0.2, 0) is 4.74 Å². The van der Waals surface area contributed by atoms with Gasteiger partial charge in [0, 0.05) is 6.54 Å². The Bertz CT molecular complexity index is 510. The number of aliphatic hydroxyl groups is 2. The van der Waals surface area contributed by atoms with Gasteiger partial charge in [0.15, 0.2) is 0 Å². The average molecular weight is 311 g/mol. The first-order valence-electron chi connectivity index (χ1n) is 7.22. The number of hydrogen-bond acceptors (Lipinski definition) is 5. The van der Waals surface area contributed by atoms with Crippen LogP contribution in [0.5, 0.6) is 5.75 Å². The molecule has 6 heteroatoms. The third-order valence-corrected chi connectivity index (χ3v) is 3.05. The Morgan fingerprint density at radius 3 is 2.50 bits per heavy atom. The molecule has 0 aromatic heterocycles. The van der Waals surface area contributed by atoms with Crippen LogP contribution in [0.4, 0.5) is 4.79 Å². The van der Waals surface area contributed by atoms with E-state index in [1.165, 1.54) is 6.07 Å². The van der Waals surface area contributed by atoms with Gasteiger partial charge >= 0.3 is 6.09 Å². The fraction of sp³-hybridized carbons (Fsp3) is 0.562. The van der Waals surface area contributed by atoms with E-state index < -0.39 is 23.9 Å². The molecule has 0 aliphatic rings. The number of aryl methyl sites for hydroxylation is 1. The smallest absolute Gasteiger partial charge is 0.407 e. The molecule has 1 aromatic rings. The lowest BCUT2D eigenvalue weighted by Crippen LogP contribution is -2.34. The molecule has 0 bridgehead atoms. The molecule has 1 aromatic carbocycles. The van der Waals surface area contributed by atoms with E-state index in [0.29, 0.717) is 11.1 Å². The van der Waals surface area contributed by atoms with E-state index in [4.69, 9.17) is 4.74 Å². The highest BCUT2D eigenvalue weighted by molar-refractivity contribution is 5.67. The van der Waals surface area contributed by atoms with Crippen molar-refractivity contribution in [2.45, 2.75) is 51.9 Å². The Labute approximate surface area is 130 Å². The molecule has 2 unspecified atom stereocenters. The Morgan fingerprint density at radius 2 is 1.95 bits per heavy atom. The zero-order chi connectivity index (χ0) is 16.9. The molecule has 0 saturated carbocycles. The first kappa shape index (κ1) is 18.3. The van der Waals surface area contributed by atoms with Crippen molar-refractivity contribution in [3.05, 3.63) is 29.3 Å². The highest BCUT2D eigenvalue weighted by atomic mass is 16.6. The van der Waals surface area contributed by atoms with Crippen molar-refractivity contribution < 1.29 is 24.9 Å². The molecule has 0 saturated heterocycles. The number of rotatable bonds is 5. The summed E-state index contributed by atoms with van der Waals surface area (Å²) in [7, 11) is 0. The summed E-state index contributed by atoms with van der Waals surface area (Å²) in [6.45, 7) is 7.19. The van der Waals surface area contributed by atoms with Crippen LogP contribution in [0.25, 0.3) is 0 Å². The molecule has 4 N–H and O–H groups in total. The summed E-state index contributed by atoms with van der Waals surface area (Å²) in [5, 5.41) is 32.1. The second kappa shape index (κ2) is 7.47. The number of aromatic hydroxyl groups is 1. The van der Waals surface area contributed by atoms with Crippen molar-refractivity contribution in [1.82, 2.24) is 5.32 Å². The summed E-state index contributed by atoms with van der Waals surface area (Å²) in [4.78, 5) is 11.5. The minimum absolute atomic E-state index is 0.0654. The van der Waals surface area contributed by atoms with E-state index in [0.717, 1.165) is 0 Å². The number of carbonyl (C=O) groups is 1. The highest BCUT2D eigenvalue weighted by Crippen LogP contribution is 2.25. The van der Waals surface area contributed by atoms with Crippen LogP contribution in [-0.4, -0.2) is 39.7 Å². The van der Waals surface area contributed by atoms with Gasteiger partial charge in [-0.2, -0.15) is 0 Å². The Hall–Kier alpha value is -1.79. The largest absolute Gasteiger partial charge is 0.508 e. The van der Waals surface area contributed by atoms with E-state index >= 15 is 0 Å². The van der Waals surface area contributed by atoms with Crippen molar-refractivity contribution in [2.24, 2.45) is 0 Å². The summed E-state index contributed by atoms with van der Waals surface area (Å²) in [5.41, 5.74) is 0.534. The fourth-order valence-electron chi connectivity index (χ4n) is 1.83. The van der Waals surface area contributed by atoms with Crippen LogP contribution in [0.15, 0.2) is 18.2 Å². The number of carbonyl (C=O) groups excluding carboxylic acids is 1. The van der Waals surface area contributed by atoms with Gasteiger partial charge in [-0.25, -0.2) is 4.79 Å². The molecule has 0 spiro atoms. The molecule has 0 radical (unpaired) electrons. The van der Waals surface area contributed by atoms with Crippen LogP contribution >= 0.6 is 0 Å². The topological polar surface area (TPSA) is 99.0 Å². The van der Waals surface area contributed by atoms with Gasteiger partial charge in [0.2, 0.25) is 0 Å². The normalized spacial score (nSPS) is 14.3. The number of phenolic OH excluding ortho intramolecular Hbond substituents is 1. The molecular formula is C16H25NO5. The quantitative estimate of drug-likeness (QED) is 0.666. The Balaban J connectivity index is 2.46. The van der Waals surface area contributed by atoms with Crippen molar-refractivity contribution >= 4 is 6.09 Å². The number of ether oxygens (including phenoxy) is 1. The van der Waals surface area contributed by atoms with Gasteiger partial charge in [-0.05, 0) is 51.3 Å². The Kier molecular flexibility index (Phi) is 6.20. The molecule has 124 valence electrons. The van der Waals surface area contributed by atoms with Crippen molar-refractivity contribution in [3.63, 3.8) is 0 Å². The second-order valence-corrected chi connectivity index (χ2v) is 6.28. The molecule has 0 aliphatic heterocycles. The van der Waals surface area contributed by atoms with Gasteiger partial charge < -0.3 is 25.4 Å². The molecular weight excluding hydrogens is 286 g/mol. The predicted molar refractivity (Wildman–Crippen MR) is 82.7 cm³/mol. The van der Waals surface area contributed by atoms with Crippen LogP contribution in [0.2, 0.25) is 0 Å². The molecule has 1 amide bonds. The second-order valence-electron chi connectivity index (χ2n) is 6.28. The van der Waals surface area contributed by atoms with Gasteiger partial charge in [-0.3, -0.25) is 0 Å². The van der Waals surface area contributed by atoms with Gasteiger partial charge in [-0.15, -0.1) is 0 Å². The fourth-order valence-corrected chi connectivity index (χ4v) is 1.83. The number of phenols is 1. The zero-order valence-corrected chi connectivity index (χ0v) is 13.5. The summed E-state index contributed by atoms with van der Waals surface area (Å²) in [5.74, 6) is 0.0654. The first-order valence-corrected chi connectivity index (χ1v) is 7.22. The van der Waals surface area contributed by atoms with Crippen molar-refractivity contribution in [1.29, 1.82) is 0 Å². The third-order valence-electron chi connectivity index (χ3n) is 3.05. The van der Waals surface area contributed by atoms with Gasteiger partial charge in [0.25, 0.3) is 0 Å². The molecule has 0 heterocycles. The van der Waals surface area contributed by atoms with Gasteiger partial charge in [-0.1, -0.05) is 12.1 Å². The Morgan fingerprint density at radius 1 is 1.32 bits per heavy atom. The maximum absolute atomic E-state index is 11.5. The van der Waals surface area contributed by atoms with Crippen LogP contribution in [0.3, 0.4) is 0 Å². The molecule has 6 nitrogen and oxygen atoms in total. The maximum Gasteiger partial charge on any atom is 0.407 e. The number of nitrogens with one attached hydrogen (secondary N) is 1. The highest BCUT2D eigenvalue weighted by Gasteiger charge is 2.20.